The van der Waals surface area contributed by atoms with Crippen molar-refractivity contribution in [1.82, 2.24) is 0 Å². The monoisotopic (exact) mass is 454 g/mol. The smallest absolute Gasteiger partial charge is 0.336 e. The van der Waals surface area contributed by atoms with Gasteiger partial charge in [-0.25, -0.2) is 4.79 Å². The van der Waals surface area contributed by atoms with Gasteiger partial charge in [0.1, 0.15) is 6.10 Å². The van der Waals surface area contributed by atoms with Crippen molar-refractivity contribution in [3.05, 3.63) is 34.9 Å². The number of carbonyl (C=O) groups is 2. The molecule has 2 fully saturated rings. The summed E-state index contributed by atoms with van der Waals surface area (Å²) in [7, 11) is 0. The third kappa shape index (κ3) is 3.18. The fraction of sp³-hybridized carbons (Fsp3) is 0.714. The predicted molar refractivity (Wildman–Crippen MR) is 125 cm³/mol. The zero-order valence-electron chi connectivity index (χ0n) is 20.3. The van der Waals surface area contributed by atoms with Gasteiger partial charge < -0.3 is 14.9 Å². The highest BCUT2D eigenvalue weighted by Crippen LogP contribution is 2.66. The van der Waals surface area contributed by atoms with E-state index in [0.717, 1.165) is 43.3 Å². The van der Waals surface area contributed by atoms with Crippen molar-refractivity contribution in [3.63, 3.8) is 0 Å². The molecule has 1 heterocycles. The summed E-state index contributed by atoms with van der Waals surface area (Å²) in [6.45, 7) is 8.43. The van der Waals surface area contributed by atoms with E-state index in [0.29, 0.717) is 29.7 Å². The molecule has 0 amide bonds. The van der Waals surface area contributed by atoms with Crippen LogP contribution in [-0.2, 0) is 14.3 Å². The van der Waals surface area contributed by atoms with Crippen LogP contribution in [0, 0.1) is 40.4 Å². The molecular formula is C28H38O5. The number of rotatable bonds is 3. The number of fused-ring (bicyclic) bond motifs is 5. The molecule has 1 aliphatic heterocycles. The van der Waals surface area contributed by atoms with E-state index in [2.05, 4.69) is 26.8 Å². The van der Waals surface area contributed by atoms with Gasteiger partial charge in [0.05, 0.1) is 23.7 Å². The number of esters is 1. The number of aliphatic hydroxyl groups excluding tert-OH is 2. The lowest BCUT2D eigenvalue weighted by Gasteiger charge is -2.57. The van der Waals surface area contributed by atoms with Crippen LogP contribution >= 0.6 is 0 Å². The average molecular weight is 455 g/mol. The van der Waals surface area contributed by atoms with Crippen molar-refractivity contribution in [2.24, 2.45) is 40.4 Å². The van der Waals surface area contributed by atoms with E-state index in [-0.39, 0.29) is 41.7 Å². The second-order valence-corrected chi connectivity index (χ2v) is 11.8. The Morgan fingerprint density at radius 2 is 1.94 bits per heavy atom. The van der Waals surface area contributed by atoms with Crippen LogP contribution in [0.25, 0.3) is 0 Å². The fourth-order valence-electron chi connectivity index (χ4n) is 8.74. The van der Waals surface area contributed by atoms with Crippen LogP contribution in [0.2, 0.25) is 0 Å². The Morgan fingerprint density at radius 3 is 2.64 bits per heavy atom. The summed E-state index contributed by atoms with van der Waals surface area (Å²) in [6, 6.07) is 0. The van der Waals surface area contributed by atoms with Crippen molar-refractivity contribution in [2.75, 3.05) is 6.61 Å². The van der Waals surface area contributed by atoms with E-state index < -0.39 is 11.5 Å². The van der Waals surface area contributed by atoms with E-state index in [1.807, 2.05) is 6.92 Å². The molecule has 5 heteroatoms. The summed E-state index contributed by atoms with van der Waals surface area (Å²) in [4.78, 5) is 25.5. The molecule has 0 spiro atoms. The molecule has 0 aromatic carbocycles. The van der Waals surface area contributed by atoms with E-state index >= 15 is 0 Å². The van der Waals surface area contributed by atoms with Gasteiger partial charge >= 0.3 is 5.97 Å². The van der Waals surface area contributed by atoms with Gasteiger partial charge in [-0.3, -0.25) is 4.79 Å². The van der Waals surface area contributed by atoms with Crippen LogP contribution in [0.4, 0.5) is 0 Å². The highest BCUT2D eigenvalue weighted by Gasteiger charge is 2.61. The van der Waals surface area contributed by atoms with Crippen molar-refractivity contribution in [2.45, 2.75) is 78.4 Å². The van der Waals surface area contributed by atoms with Crippen LogP contribution in [-0.4, -0.2) is 40.8 Å². The minimum Gasteiger partial charge on any atom is -0.458 e. The molecule has 2 N–H and O–H groups in total. The van der Waals surface area contributed by atoms with Crippen molar-refractivity contribution in [1.29, 1.82) is 0 Å². The van der Waals surface area contributed by atoms with E-state index in [1.165, 1.54) is 0 Å². The second kappa shape index (κ2) is 7.91. The standard InChI is InChI=1S/C28H38O5/c1-15-13-24(33-26(32)18(15)14-29)16(2)19-7-8-20-17-5-6-22-23(30)9-10-25(31)28(22,4)21(17)11-12-27(19,20)3/h6,9-10,16-17,19-21,23-24,29-30H,5,7-8,11-14H2,1-4H3/t16-,17?,19?,20?,21?,23-,24+,27+,28+/m0/s1. The molecule has 9 atom stereocenters. The Balaban J connectivity index is 1.40. The lowest BCUT2D eigenvalue weighted by atomic mass is 9.47. The predicted octanol–water partition coefficient (Wildman–Crippen LogP) is 4.14. The first-order valence-corrected chi connectivity index (χ1v) is 12.7. The summed E-state index contributed by atoms with van der Waals surface area (Å²) in [5, 5.41) is 20.1. The number of ether oxygens (including phenoxy) is 1. The molecule has 33 heavy (non-hydrogen) atoms. The van der Waals surface area contributed by atoms with Crippen LogP contribution in [0.1, 0.15) is 66.2 Å². The van der Waals surface area contributed by atoms with Gasteiger partial charge in [-0.15, -0.1) is 0 Å². The number of hydrogen-bond acceptors (Lipinski definition) is 5. The van der Waals surface area contributed by atoms with Crippen LogP contribution in [0.15, 0.2) is 34.9 Å². The Bertz CT molecular complexity index is 959. The normalized spacial score (nSPS) is 45.7. The molecule has 0 aromatic heterocycles. The number of aliphatic hydroxyl groups is 2. The zero-order valence-corrected chi connectivity index (χ0v) is 20.3. The van der Waals surface area contributed by atoms with Gasteiger partial charge in [0.2, 0.25) is 0 Å². The van der Waals surface area contributed by atoms with Crippen LogP contribution < -0.4 is 0 Å². The maximum absolute atomic E-state index is 13.1. The molecule has 5 rings (SSSR count). The number of hydrogen-bond donors (Lipinski definition) is 2. The van der Waals surface area contributed by atoms with Gasteiger partial charge in [0.15, 0.2) is 5.78 Å². The largest absolute Gasteiger partial charge is 0.458 e. The number of carbonyl (C=O) groups excluding carboxylic acids is 2. The highest BCUT2D eigenvalue weighted by atomic mass is 16.5. The molecule has 2 saturated carbocycles. The fourth-order valence-corrected chi connectivity index (χ4v) is 8.74. The molecule has 4 aliphatic carbocycles. The molecule has 4 unspecified atom stereocenters. The van der Waals surface area contributed by atoms with Gasteiger partial charge in [-0.1, -0.05) is 25.5 Å². The summed E-state index contributed by atoms with van der Waals surface area (Å²) in [6.07, 6.45) is 10.6. The SMILES string of the molecule is CC1=C(CO)C(=O)O[C@@H]([C@@H](C)C2CCC3C4CC=C5[C@@H](O)C=CC(=O)[C@]5(C)C4CC[C@@]32C)C1. The second-order valence-electron chi connectivity index (χ2n) is 11.8. The lowest BCUT2D eigenvalue weighted by molar-refractivity contribution is -0.152. The zero-order chi connectivity index (χ0) is 23.7. The molecular weight excluding hydrogens is 416 g/mol. The molecule has 0 radical (unpaired) electrons. The van der Waals surface area contributed by atoms with Crippen LogP contribution in [0.3, 0.4) is 0 Å². The van der Waals surface area contributed by atoms with Gasteiger partial charge in [-0.05, 0) is 98.7 Å². The third-order valence-electron chi connectivity index (χ3n) is 10.6. The number of ketones is 1. The molecule has 180 valence electrons. The average Bonchev–Trinajstić information content (AvgIpc) is 3.13. The molecule has 5 nitrogen and oxygen atoms in total. The first kappa shape index (κ1) is 23.0. The topological polar surface area (TPSA) is 83.8 Å². The van der Waals surface area contributed by atoms with E-state index in [1.54, 1.807) is 12.2 Å². The van der Waals surface area contributed by atoms with Crippen molar-refractivity contribution < 1.29 is 24.5 Å². The Kier molecular flexibility index (Phi) is 5.52. The summed E-state index contributed by atoms with van der Waals surface area (Å²) in [5.74, 6) is 1.78. The Labute approximate surface area is 197 Å². The molecule has 0 saturated heterocycles. The summed E-state index contributed by atoms with van der Waals surface area (Å²) in [5.41, 5.74) is 1.87. The van der Waals surface area contributed by atoms with Crippen molar-refractivity contribution >= 4 is 11.8 Å². The Morgan fingerprint density at radius 1 is 1.18 bits per heavy atom. The molecule has 5 aliphatic rings. The van der Waals surface area contributed by atoms with E-state index in [4.69, 9.17) is 4.74 Å². The first-order chi connectivity index (χ1) is 15.6. The quantitative estimate of drug-likeness (QED) is 0.495. The maximum atomic E-state index is 13.1. The number of allylic oxidation sites excluding steroid dienone is 2. The van der Waals surface area contributed by atoms with Crippen molar-refractivity contribution in [3.8, 4) is 0 Å². The van der Waals surface area contributed by atoms with Crippen LogP contribution in [0.5, 0.6) is 0 Å². The highest BCUT2D eigenvalue weighted by molar-refractivity contribution is 5.99. The maximum Gasteiger partial charge on any atom is 0.336 e. The Hall–Kier alpha value is -1.72. The molecule has 0 bridgehead atoms. The lowest BCUT2D eigenvalue weighted by Crippen LogP contribution is -2.54. The third-order valence-corrected chi connectivity index (χ3v) is 10.6. The summed E-state index contributed by atoms with van der Waals surface area (Å²) < 4.78 is 5.83. The van der Waals surface area contributed by atoms with Gasteiger partial charge in [0, 0.05) is 6.42 Å². The van der Waals surface area contributed by atoms with E-state index in [9.17, 15) is 19.8 Å². The first-order valence-electron chi connectivity index (χ1n) is 12.7. The summed E-state index contributed by atoms with van der Waals surface area (Å²) >= 11 is 0. The minimum atomic E-state index is -0.639. The van der Waals surface area contributed by atoms with Gasteiger partial charge in [0.25, 0.3) is 0 Å². The van der Waals surface area contributed by atoms with Gasteiger partial charge in [-0.2, -0.15) is 0 Å². The molecule has 0 aromatic rings. The number of cyclic esters (lactones) is 1. The minimum absolute atomic E-state index is 0.137.